The minimum Gasteiger partial charge on any atom is -0.482 e. The van der Waals surface area contributed by atoms with E-state index >= 15 is 0 Å². The first-order chi connectivity index (χ1) is 11.0. The predicted molar refractivity (Wildman–Crippen MR) is 83.6 cm³/mol. The van der Waals surface area contributed by atoms with Crippen LogP contribution in [-0.4, -0.2) is 23.6 Å². The standard InChI is InChI=1S/C17H14FNO4/c18-13-4-1-12(2-5-13)3-10-16(20)19-14-6-8-15(9-7-14)23-11-17(21)22/h1-10H,11H2,(H,19,20)(H,21,22)/b10-3+. The summed E-state index contributed by atoms with van der Waals surface area (Å²) in [6, 6.07) is 12.1. The average Bonchev–Trinajstić information content (AvgIpc) is 2.53. The molecular weight excluding hydrogens is 301 g/mol. The first kappa shape index (κ1) is 16.2. The Bertz CT molecular complexity index is 708. The van der Waals surface area contributed by atoms with Crippen molar-refractivity contribution in [3.63, 3.8) is 0 Å². The molecule has 0 radical (unpaired) electrons. The van der Waals surface area contributed by atoms with Gasteiger partial charge in [0.1, 0.15) is 11.6 Å². The fourth-order valence-corrected chi connectivity index (χ4v) is 1.71. The molecule has 2 aromatic carbocycles. The second kappa shape index (κ2) is 7.74. The number of rotatable bonds is 6. The lowest BCUT2D eigenvalue weighted by molar-refractivity contribution is -0.139. The molecule has 0 unspecified atom stereocenters. The number of ether oxygens (including phenoxy) is 1. The van der Waals surface area contributed by atoms with Gasteiger partial charge in [-0.2, -0.15) is 0 Å². The van der Waals surface area contributed by atoms with Gasteiger partial charge in [0.05, 0.1) is 0 Å². The number of halogens is 1. The third-order valence-corrected chi connectivity index (χ3v) is 2.78. The Hall–Kier alpha value is -3.15. The van der Waals surface area contributed by atoms with Crippen molar-refractivity contribution < 1.29 is 23.8 Å². The molecule has 0 aliphatic heterocycles. The lowest BCUT2D eigenvalue weighted by Gasteiger charge is -2.05. The molecule has 0 fully saturated rings. The highest BCUT2D eigenvalue weighted by molar-refractivity contribution is 6.01. The molecule has 0 saturated carbocycles. The molecule has 2 N–H and O–H groups in total. The number of carboxylic acids is 1. The van der Waals surface area contributed by atoms with E-state index in [1.807, 2.05) is 0 Å². The molecule has 0 bridgehead atoms. The summed E-state index contributed by atoms with van der Waals surface area (Å²) in [6.07, 6.45) is 2.90. The maximum Gasteiger partial charge on any atom is 0.341 e. The molecule has 0 saturated heterocycles. The number of benzene rings is 2. The monoisotopic (exact) mass is 315 g/mol. The molecule has 5 nitrogen and oxygen atoms in total. The van der Waals surface area contributed by atoms with E-state index in [0.717, 1.165) is 0 Å². The average molecular weight is 315 g/mol. The molecule has 0 aromatic heterocycles. The number of carbonyl (C=O) groups excluding carboxylic acids is 1. The number of nitrogens with one attached hydrogen (secondary N) is 1. The highest BCUT2D eigenvalue weighted by Crippen LogP contribution is 2.15. The van der Waals surface area contributed by atoms with Crippen molar-refractivity contribution in [2.24, 2.45) is 0 Å². The maximum atomic E-state index is 12.8. The van der Waals surface area contributed by atoms with Crippen LogP contribution in [0.4, 0.5) is 10.1 Å². The zero-order valence-corrected chi connectivity index (χ0v) is 12.0. The number of amides is 1. The number of carboxylic acid groups (broad SMARTS) is 1. The Balaban J connectivity index is 1.89. The third kappa shape index (κ3) is 5.62. The highest BCUT2D eigenvalue weighted by atomic mass is 19.1. The molecule has 1 amide bonds. The summed E-state index contributed by atoms with van der Waals surface area (Å²) in [4.78, 5) is 22.2. The molecule has 23 heavy (non-hydrogen) atoms. The quantitative estimate of drug-likeness (QED) is 0.804. The zero-order valence-electron chi connectivity index (χ0n) is 12.0. The van der Waals surface area contributed by atoms with Crippen LogP contribution in [0.25, 0.3) is 6.08 Å². The first-order valence-electron chi connectivity index (χ1n) is 6.72. The second-order valence-electron chi connectivity index (χ2n) is 4.58. The normalized spacial score (nSPS) is 10.5. The van der Waals surface area contributed by atoms with Crippen molar-refractivity contribution in [2.75, 3.05) is 11.9 Å². The molecule has 6 heteroatoms. The van der Waals surface area contributed by atoms with Crippen LogP contribution in [-0.2, 0) is 9.59 Å². The van der Waals surface area contributed by atoms with Crippen LogP contribution in [0.5, 0.6) is 5.75 Å². The van der Waals surface area contributed by atoms with Crippen LogP contribution in [0.3, 0.4) is 0 Å². The Morgan fingerprint density at radius 2 is 1.74 bits per heavy atom. The van der Waals surface area contributed by atoms with Gasteiger partial charge >= 0.3 is 5.97 Å². The lowest BCUT2D eigenvalue weighted by atomic mass is 10.2. The zero-order chi connectivity index (χ0) is 16.7. The van der Waals surface area contributed by atoms with Crippen molar-refractivity contribution in [1.82, 2.24) is 0 Å². The van der Waals surface area contributed by atoms with Gasteiger partial charge in [-0.05, 0) is 48.0 Å². The number of carbonyl (C=O) groups is 2. The lowest BCUT2D eigenvalue weighted by Crippen LogP contribution is -2.10. The van der Waals surface area contributed by atoms with E-state index in [1.165, 1.54) is 18.2 Å². The summed E-state index contributed by atoms with van der Waals surface area (Å²) >= 11 is 0. The van der Waals surface area contributed by atoms with E-state index in [2.05, 4.69) is 5.32 Å². The van der Waals surface area contributed by atoms with Crippen LogP contribution >= 0.6 is 0 Å². The molecule has 2 aromatic rings. The number of anilines is 1. The Labute approximate surface area is 132 Å². The number of aliphatic carboxylic acids is 1. The Morgan fingerprint density at radius 1 is 1.09 bits per heavy atom. The summed E-state index contributed by atoms with van der Waals surface area (Å²) in [7, 11) is 0. The van der Waals surface area contributed by atoms with Gasteiger partial charge in [0.2, 0.25) is 5.91 Å². The fraction of sp³-hybridized carbons (Fsp3) is 0.0588. The van der Waals surface area contributed by atoms with Crippen molar-refractivity contribution in [2.45, 2.75) is 0 Å². The molecular formula is C17H14FNO4. The summed E-state index contributed by atoms with van der Waals surface area (Å²) in [6.45, 7) is -0.424. The van der Waals surface area contributed by atoms with Crippen molar-refractivity contribution in [3.05, 3.63) is 66.0 Å². The van der Waals surface area contributed by atoms with Crippen LogP contribution < -0.4 is 10.1 Å². The third-order valence-electron chi connectivity index (χ3n) is 2.78. The van der Waals surface area contributed by atoms with E-state index in [-0.39, 0.29) is 11.7 Å². The van der Waals surface area contributed by atoms with E-state index in [1.54, 1.807) is 42.5 Å². The van der Waals surface area contributed by atoms with Gasteiger partial charge in [-0.25, -0.2) is 9.18 Å². The molecule has 0 spiro atoms. The minimum atomic E-state index is -1.06. The van der Waals surface area contributed by atoms with Gasteiger partial charge < -0.3 is 15.2 Å². The number of hydrogen-bond acceptors (Lipinski definition) is 3. The van der Waals surface area contributed by atoms with Crippen LogP contribution in [0.15, 0.2) is 54.6 Å². The Morgan fingerprint density at radius 3 is 2.35 bits per heavy atom. The maximum absolute atomic E-state index is 12.8. The molecule has 0 atom stereocenters. The van der Waals surface area contributed by atoms with Gasteiger partial charge in [-0.1, -0.05) is 12.1 Å². The van der Waals surface area contributed by atoms with Crippen molar-refractivity contribution >= 4 is 23.6 Å². The SMILES string of the molecule is O=C(O)COc1ccc(NC(=O)/C=C/c2ccc(F)cc2)cc1. The van der Waals surface area contributed by atoms with Crippen molar-refractivity contribution in [3.8, 4) is 5.75 Å². The van der Waals surface area contributed by atoms with E-state index in [0.29, 0.717) is 17.0 Å². The van der Waals surface area contributed by atoms with Crippen LogP contribution in [0.1, 0.15) is 5.56 Å². The van der Waals surface area contributed by atoms with Crippen LogP contribution in [0, 0.1) is 5.82 Å². The molecule has 0 aliphatic rings. The summed E-state index contributed by atoms with van der Waals surface area (Å²) in [5.74, 6) is -1.34. The molecule has 0 aliphatic carbocycles. The Kier molecular flexibility index (Phi) is 5.46. The van der Waals surface area contributed by atoms with Gasteiger partial charge in [-0.15, -0.1) is 0 Å². The molecule has 118 valence electrons. The predicted octanol–water partition coefficient (Wildman–Crippen LogP) is 2.94. The fourth-order valence-electron chi connectivity index (χ4n) is 1.71. The van der Waals surface area contributed by atoms with Gasteiger partial charge in [0.15, 0.2) is 6.61 Å². The summed E-state index contributed by atoms with van der Waals surface area (Å²) < 4.78 is 17.7. The summed E-state index contributed by atoms with van der Waals surface area (Å²) in [5, 5.41) is 11.2. The van der Waals surface area contributed by atoms with Crippen molar-refractivity contribution in [1.29, 1.82) is 0 Å². The highest BCUT2D eigenvalue weighted by Gasteiger charge is 2.01. The van der Waals surface area contributed by atoms with Gasteiger partial charge in [0.25, 0.3) is 0 Å². The van der Waals surface area contributed by atoms with E-state index in [4.69, 9.17) is 9.84 Å². The second-order valence-corrected chi connectivity index (χ2v) is 4.58. The van der Waals surface area contributed by atoms with Gasteiger partial charge in [0, 0.05) is 11.8 Å². The largest absolute Gasteiger partial charge is 0.482 e. The summed E-state index contributed by atoms with van der Waals surface area (Å²) in [5.41, 5.74) is 1.25. The van der Waals surface area contributed by atoms with Gasteiger partial charge in [-0.3, -0.25) is 4.79 Å². The van der Waals surface area contributed by atoms with E-state index < -0.39 is 12.6 Å². The molecule has 2 rings (SSSR count). The topological polar surface area (TPSA) is 75.6 Å². The smallest absolute Gasteiger partial charge is 0.341 e. The van der Waals surface area contributed by atoms with Crippen LogP contribution in [0.2, 0.25) is 0 Å². The minimum absolute atomic E-state index is 0.336. The molecule has 0 heterocycles. The number of hydrogen-bond donors (Lipinski definition) is 2. The first-order valence-corrected chi connectivity index (χ1v) is 6.72. The van der Waals surface area contributed by atoms with E-state index in [9.17, 15) is 14.0 Å².